The van der Waals surface area contributed by atoms with E-state index in [1.165, 1.54) is 12.8 Å². The summed E-state index contributed by atoms with van der Waals surface area (Å²) in [7, 11) is 2.18. The van der Waals surface area contributed by atoms with E-state index in [-0.39, 0.29) is 16.1 Å². The lowest BCUT2D eigenvalue weighted by Crippen LogP contribution is -2.37. The highest BCUT2D eigenvalue weighted by Gasteiger charge is 2.35. The monoisotopic (exact) mass is 354 g/mol. The molecule has 2 heterocycles. The fourth-order valence-electron chi connectivity index (χ4n) is 3.52. The lowest BCUT2D eigenvalue weighted by molar-refractivity contribution is 0.254. The minimum absolute atomic E-state index is 0.123. The summed E-state index contributed by atoms with van der Waals surface area (Å²) in [6.07, 6.45) is 3.51. The number of nitrogen functional groups attached to an aromatic ring is 1. The second-order valence-corrected chi connectivity index (χ2v) is 6.75. The van der Waals surface area contributed by atoms with Crippen LogP contribution in [-0.4, -0.2) is 43.0 Å². The lowest BCUT2D eigenvalue weighted by Gasteiger charge is -2.28. The van der Waals surface area contributed by atoms with Crippen LogP contribution >= 0.6 is 15.9 Å². The third-order valence-corrected chi connectivity index (χ3v) is 5.62. The van der Waals surface area contributed by atoms with Crippen LogP contribution in [0.3, 0.4) is 0 Å². The molecule has 2 bridgehead atoms. The van der Waals surface area contributed by atoms with Gasteiger partial charge in [0.05, 0.1) is 10.2 Å². The van der Waals surface area contributed by atoms with Crippen molar-refractivity contribution in [2.75, 3.05) is 25.0 Å². The number of nitrogens with one attached hydrogen (secondary N) is 1. The standard InChI is InChI=1S/C15H20BrFN4/c1-20-9-2-3-10(20)8-21(7-6-9)12-5-4-11(15(18)19)13(16)14(12)17/h4-5,9-10H,2-3,6-8H2,1H3,(H3,18,19). The van der Waals surface area contributed by atoms with Crippen molar-refractivity contribution in [1.82, 2.24) is 4.90 Å². The molecule has 2 unspecified atom stereocenters. The average molecular weight is 355 g/mol. The zero-order valence-electron chi connectivity index (χ0n) is 12.1. The molecule has 0 aromatic heterocycles. The molecule has 0 spiro atoms. The van der Waals surface area contributed by atoms with Crippen molar-refractivity contribution in [1.29, 1.82) is 5.41 Å². The number of nitrogens with two attached hydrogens (primary N) is 1. The van der Waals surface area contributed by atoms with E-state index in [0.29, 0.717) is 23.3 Å². The number of halogens is 2. The molecule has 0 saturated carbocycles. The van der Waals surface area contributed by atoms with E-state index < -0.39 is 0 Å². The van der Waals surface area contributed by atoms with Crippen molar-refractivity contribution >= 4 is 27.5 Å². The number of fused-ring (bicyclic) bond motifs is 2. The zero-order chi connectivity index (χ0) is 15.1. The SMILES string of the molecule is CN1C2CCC1CN(c1ccc(C(=N)N)c(Br)c1F)CC2. The fourth-order valence-corrected chi connectivity index (χ4v) is 4.07. The number of hydrogen-bond acceptors (Lipinski definition) is 3. The molecule has 4 nitrogen and oxygen atoms in total. The van der Waals surface area contributed by atoms with Gasteiger partial charge in [-0.05, 0) is 54.4 Å². The molecule has 114 valence electrons. The number of anilines is 1. The van der Waals surface area contributed by atoms with Gasteiger partial charge in [-0.15, -0.1) is 0 Å². The van der Waals surface area contributed by atoms with E-state index in [1.807, 2.05) is 0 Å². The molecule has 2 aliphatic rings. The summed E-state index contributed by atoms with van der Waals surface area (Å²) >= 11 is 3.24. The van der Waals surface area contributed by atoms with Crippen LogP contribution in [0, 0.1) is 11.2 Å². The van der Waals surface area contributed by atoms with Crippen molar-refractivity contribution in [3.63, 3.8) is 0 Å². The normalized spacial score (nSPS) is 26.0. The van der Waals surface area contributed by atoms with Gasteiger partial charge in [-0.25, -0.2) is 4.39 Å². The Bertz CT molecular complexity index is 577. The van der Waals surface area contributed by atoms with Crippen molar-refractivity contribution in [3.8, 4) is 0 Å². The van der Waals surface area contributed by atoms with E-state index in [2.05, 4.69) is 32.8 Å². The van der Waals surface area contributed by atoms with E-state index in [4.69, 9.17) is 11.1 Å². The highest BCUT2D eigenvalue weighted by atomic mass is 79.9. The predicted molar refractivity (Wildman–Crippen MR) is 86.5 cm³/mol. The second kappa shape index (κ2) is 5.57. The van der Waals surface area contributed by atoms with Crippen molar-refractivity contribution in [3.05, 3.63) is 28.0 Å². The summed E-state index contributed by atoms with van der Waals surface area (Å²) in [5, 5.41) is 7.48. The molecule has 2 aliphatic heterocycles. The summed E-state index contributed by atoms with van der Waals surface area (Å²) in [4.78, 5) is 4.57. The van der Waals surface area contributed by atoms with Crippen LogP contribution < -0.4 is 10.6 Å². The Hall–Kier alpha value is -1.14. The quantitative estimate of drug-likeness (QED) is 0.633. The maximum Gasteiger partial charge on any atom is 0.161 e. The highest BCUT2D eigenvalue weighted by Crippen LogP contribution is 2.34. The molecule has 1 aromatic carbocycles. The van der Waals surface area contributed by atoms with Crippen LogP contribution in [0.1, 0.15) is 24.8 Å². The lowest BCUT2D eigenvalue weighted by atomic mass is 10.1. The van der Waals surface area contributed by atoms with Gasteiger partial charge >= 0.3 is 0 Å². The van der Waals surface area contributed by atoms with Gasteiger partial charge in [0, 0.05) is 30.7 Å². The first-order valence-electron chi connectivity index (χ1n) is 7.28. The van der Waals surface area contributed by atoms with Crippen LogP contribution in [0.4, 0.5) is 10.1 Å². The Labute approximate surface area is 132 Å². The van der Waals surface area contributed by atoms with E-state index in [0.717, 1.165) is 19.5 Å². The largest absolute Gasteiger partial charge is 0.384 e. The van der Waals surface area contributed by atoms with Gasteiger partial charge in [0.15, 0.2) is 5.82 Å². The second-order valence-electron chi connectivity index (χ2n) is 5.96. The van der Waals surface area contributed by atoms with Crippen LogP contribution in [0.5, 0.6) is 0 Å². The van der Waals surface area contributed by atoms with Crippen molar-refractivity contribution in [2.45, 2.75) is 31.3 Å². The third-order valence-electron chi connectivity index (χ3n) is 4.84. The molecule has 2 fully saturated rings. The summed E-state index contributed by atoms with van der Waals surface area (Å²) in [6.45, 7) is 1.73. The molecule has 2 saturated heterocycles. The molecule has 3 rings (SSSR count). The molecular formula is C15H20BrFN4. The van der Waals surface area contributed by atoms with Gasteiger partial charge in [-0.1, -0.05) is 0 Å². The molecule has 0 radical (unpaired) electrons. The van der Waals surface area contributed by atoms with Crippen LogP contribution in [0.2, 0.25) is 0 Å². The highest BCUT2D eigenvalue weighted by molar-refractivity contribution is 9.10. The number of benzene rings is 1. The number of hydrogen-bond donors (Lipinski definition) is 2. The Morgan fingerprint density at radius 2 is 2.05 bits per heavy atom. The number of nitrogens with zero attached hydrogens (tertiary/aromatic N) is 2. The Kier molecular flexibility index (Phi) is 3.92. The van der Waals surface area contributed by atoms with Gasteiger partial charge in [0.25, 0.3) is 0 Å². The summed E-state index contributed by atoms with van der Waals surface area (Å²) in [6, 6.07) is 4.60. The number of likely N-dealkylation sites (N-methyl/N-ethyl adjacent to an activating group) is 1. The van der Waals surface area contributed by atoms with E-state index in [1.54, 1.807) is 12.1 Å². The maximum absolute atomic E-state index is 14.6. The molecule has 2 atom stereocenters. The smallest absolute Gasteiger partial charge is 0.161 e. The fraction of sp³-hybridized carbons (Fsp3) is 0.533. The summed E-state index contributed by atoms with van der Waals surface area (Å²) < 4.78 is 14.9. The first kappa shape index (κ1) is 14.8. The molecule has 1 aromatic rings. The van der Waals surface area contributed by atoms with Gasteiger partial charge in [0.2, 0.25) is 0 Å². The first-order chi connectivity index (χ1) is 9.99. The number of rotatable bonds is 2. The molecular weight excluding hydrogens is 335 g/mol. The minimum atomic E-state index is -0.317. The zero-order valence-corrected chi connectivity index (χ0v) is 13.7. The Morgan fingerprint density at radius 3 is 2.76 bits per heavy atom. The van der Waals surface area contributed by atoms with Crippen molar-refractivity contribution in [2.24, 2.45) is 5.73 Å². The van der Waals surface area contributed by atoms with Gasteiger partial charge in [0.1, 0.15) is 5.84 Å². The minimum Gasteiger partial charge on any atom is -0.384 e. The number of amidine groups is 1. The summed E-state index contributed by atoms with van der Waals surface area (Å²) in [5.41, 5.74) is 6.48. The Balaban J connectivity index is 1.91. The maximum atomic E-state index is 14.6. The molecule has 0 aliphatic carbocycles. The van der Waals surface area contributed by atoms with Gasteiger partial charge in [-0.3, -0.25) is 10.3 Å². The Morgan fingerprint density at radius 1 is 1.33 bits per heavy atom. The van der Waals surface area contributed by atoms with Crippen LogP contribution in [0.15, 0.2) is 16.6 Å². The predicted octanol–water partition coefficient (Wildman–Crippen LogP) is 2.55. The molecule has 3 N–H and O–H groups in total. The molecule has 0 amide bonds. The topological polar surface area (TPSA) is 56.4 Å². The third kappa shape index (κ3) is 2.55. The van der Waals surface area contributed by atoms with Crippen molar-refractivity contribution < 1.29 is 4.39 Å². The summed E-state index contributed by atoms with van der Waals surface area (Å²) in [5.74, 6) is -0.440. The molecule has 6 heteroatoms. The average Bonchev–Trinajstić information content (AvgIpc) is 2.67. The van der Waals surface area contributed by atoms with Crippen LogP contribution in [0.25, 0.3) is 0 Å². The van der Waals surface area contributed by atoms with Gasteiger partial charge in [-0.2, -0.15) is 0 Å². The van der Waals surface area contributed by atoms with E-state index in [9.17, 15) is 4.39 Å². The first-order valence-corrected chi connectivity index (χ1v) is 8.07. The van der Waals surface area contributed by atoms with Crippen LogP contribution in [-0.2, 0) is 0 Å². The van der Waals surface area contributed by atoms with Gasteiger partial charge < -0.3 is 10.6 Å². The van der Waals surface area contributed by atoms with E-state index >= 15 is 0 Å². The molecule has 21 heavy (non-hydrogen) atoms.